The molecule has 36 heavy (non-hydrogen) atoms. The van der Waals surface area contributed by atoms with Crippen LogP contribution in [0.2, 0.25) is 0 Å². The summed E-state index contributed by atoms with van der Waals surface area (Å²) in [5.74, 6) is -1.73. The molecule has 0 unspecified atom stereocenters. The minimum atomic E-state index is -0.825. The van der Waals surface area contributed by atoms with Crippen molar-refractivity contribution in [1.82, 2.24) is 4.57 Å². The third kappa shape index (κ3) is 3.92. The first-order chi connectivity index (χ1) is 17.1. The molecular weight excluding hydrogens is 505 g/mol. The van der Waals surface area contributed by atoms with Crippen LogP contribution in [-0.2, 0) is 26.3 Å². The standard InChI is InChI=1S/C25H22FN3O5S2/c1-25(2)18-19(22(32)29(21(18)31)15-8-4-13(26)5-9-15)35-23-20(25)36-24(33)28(23)12-17(30)27-14-6-10-16(34-3)11-7-14/h4-11,18-19H,12H2,1-3H3,(H,27,30)/t18-,19+/m1/s1. The summed E-state index contributed by atoms with van der Waals surface area (Å²) in [7, 11) is 1.55. The molecule has 1 saturated heterocycles. The Morgan fingerprint density at radius 2 is 1.72 bits per heavy atom. The third-order valence-corrected chi connectivity index (χ3v) is 9.29. The van der Waals surface area contributed by atoms with Gasteiger partial charge in [-0.25, -0.2) is 9.29 Å². The van der Waals surface area contributed by atoms with Crippen LogP contribution in [0.5, 0.6) is 5.75 Å². The van der Waals surface area contributed by atoms with Gasteiger partial charge in [0.15, 0.2) is 0 Å². The molecule has 8 nitrogen and oxygen atoms in total. The van der Waals surface area contributed by atoms with E-state index < -0.39 is 34.2 Å². The smallest absolute Gasteiger partial charge is 0.308 e. The highest BCUT2D eigenvalue weighted by atomic mass is 32.2. The number of fused-ring (bicyclic) bond motifs is 2. The van der Waals surface area contributed by atoms with Crippen molar-refractivity contribution < 1.29 is 23.5 Å². The summed E-state index contributed by atoms with van der Waals surface area (Å²) in [6.07, 6.45) is 0. The van der Waals surface area contributed by atoms with Crippen LogP contribution < -0.4 is 19.8 Å². The van der Waals surface area contributed by atoms with Crippen LogP contribution in [0, 0.1) is 11.7 Å². The monoisotopic (exact) mass is 527 g/mol. The summed E-state index contributed by atoms with van der Waals surface area (Å²) in [5.41, 5.74) is 0.0308. The van der Waals surface area contributed by atoms with Crippen molar-refractivity contribution in [3.05, 3.63) is 68.9 Å². The predicted octanol–water partition coefficient (Wildman–Crippen LogP) is 3.64. The minimum absolute atomic E-state index is 0.235. The number of methoxy groups -OCH3 is 1. The van der Waals surface area contributed by atoms with E-state index in [1.165, 1.54) is 28.8 Å². The molecule has 3 amide bonds. The largest absolute Gasteiger partial charge is 0.497 e. The van der Waals surface area contributed by atoms with E-state index in [9.17, 15) is 23.6 Å². The molecule has 1 N–H and O–H groups in total. The number of thioether (sulfide) groups is 1. The molecule has 2 aliphatic heterocycles. The Labute approximate surface area is 214 Å². The number of aromatic nitrogens is 1. The number of benzene rings is 2. The van der Waals surface area contributed by atoms with Gasteiger partial charge >= 0.3 is 4.87 Å². The lowest BCUT2D eigenvalue weighted by molar-refractivity contribution is -0.123. The molecule has 2 aromatic carbocycles. The van der Waals surface area contributed by atoms with Gasteiger partial charge in [0.1, 0.15) is 23.4 Å². The molecule has 1 fully saturated rings. The average Bonchev–Trinajstić information content (AvgIpc) is 3.29. The number of rotatable bonds is 5. The number of anilines is 2. The highest BCUT2D eigenvalue weighted by Crippen LogP contribution is 2.54. The SMILES string of the molecule is COc1ccc(NC(=O)Cn2c3c(sc2=O)C(C)(C)[C@H]2C(=O)N(c4ccc(F)cc4)C(=O)[C@H]2S3)cc1. The molecule has 2 aliphatic rings. The van der Waals surface area contributed by atoms with Gasteiger partial charge < -0.3 is 10.1 Å². The summed E-state index contributed by atoms with van der Waals surface area (Å²) < 4.78 is 19.9. The highest BCUT2D eigenvalue weighted by Gasteiger charge is 2.59. The number of nitrogens with one attached hydrogen (secondary N) is 1. The van der Waals surface area contributed by atoms with Crippen molar-refractivity contribution in [1.29, 1.82) is 0 Å². The normalized spacial score (nSPS) is 20.2. The van der Waals surface area contributed by atoms with Crippen molar-refractivity contribution >= 4 is 52.2 Å². The van der Waals surface area contributed by atoms with Crippen LogP contribution in [0.1, 0.15) is 18.7 Å². The fourth-order valence-corrected chi connectivity index (χ4v) is 7.67. The molecule has 0 bridgehead atoms. The second-order valence-electron chi connectivity index (χ2n) is 9.09. The predicted molar refractivity (Wildman–Crippen MR) is 135 cm³/mol. The van der Waals surface area contributed by atoms with E-state index in [1.807, 2.05) is 13.8 Å². The Morgan fingerprint density at radius 3 is 2.36 bits per heavy atom. The lowest BCUT2D eigenvalue weighted by Gasteiger charge is -2.36. The maximum Gasteiger partial charge on any atom is 0.308 e. The lowest BCUT2D eigenvalue weighted by Crippen LogP contribution is -2.41. The average molecular weight is 528 g/mol. The van der Waals surface area contributed by atoms with Gasteiger partial charge in [-0.3, -0.25) is 23.7 Å². The number of ether oxygens (including phenoxy) is 1. The minimum Gasteiger partial charge on any atom is -0.497 e. The first-order valence-corrected chi connectivity index (χ1v) is 12.8. The van der Waals surface area contributed by atoms with E-state index in [2.05, 4.69) is 5.32 Å². The van der Waals surface area contributed by atoms with Crippen molar-refractivity contribution in [3.63, 3.8) is 0 Å². The van der Waals surface area contributed by atoms with Crippen molar-refractivity contribution in [3.8, 4) is 5.75 Å². The highest BCUT2D eigenvalue weighted by molar-refractivity contribution is 8.00. The van der Waals surface area contributed by atoms with Gasteiger partial charge in [-0.05, 0) is 48.5 Å². The Kier molecular flexibility index (Phi) is 6.00. The van der Waals surface area contributed by atoms with Crippen molar-refractivity contribution in [2.75, 3.05) is 17.3 Å². The molecule has 1 aromatic heterocycles. The number of hydrogen-bond donors (Lipinski definition) is 1. The fourth-order valence-electron chi connectivity index (χ4n) is 4.63. The molecule has 3 aromatic rings. The molecule has 0 spiro atoms. The molecule has 0 saturated carbocycles. The first kappa shape index (κ1) is 24.3. The van der Waals surface area contributed by atoms with E-state index in [0.717, 1.165) is 28.0 Å². The van der Waals surface area contributed by atoms with E-state index >= 15 is 0 Å². The number of carbonyl (C=O) groups is 3. The van der Waals surface area contributed by atoms with Gasteiger partial charge in [0.05, 0.1) is 23.7 Å². The zero-order chi connectivity index (χ0) is 25.8. The summed E-state index contributed by atoms with van der Waals surface area (Å²) in [5, 5.41) is 2.51. The first-order valence-electron chi connectivity index (χ1n) is 11.1. The Hall–Kier alpha value is -3.44. The summed E-state index contributed by atoms with van der Waals surface area (Å²) in [4.78, 5) is 53.9. The van der Waals surface area contributed by atoms with Crippen molar-refractivity contribution in [2.24, 2.45) is 5.92 Å². The molecule has 0 aliphatic carbocycles. The van der Waals surface area contributed by atoms with E-state index in [0.29, 0.717) is 27.0 Å². The maximum atomic E-state index is 13.4. The van der Waals surface area contributed by atoms with Crippen LogP contribution >= 0.6 is 23.1 Å². The number of hydrogen-bond acceptors (Lipinski definition) is 7. The second kappa shape index (κ2) is 8.90. The molecule has 5 rings (SSSR count). The van der Waals surface area contributed by atoms with E-state index in [1.54, 1.807) is 31.4 Å². The van der Waals surface area contributed by atoms with Crippen LogP contribution in [-0.4, -0.2) is 34.6 Å². The fraction of sp³-hybridized carbons (Fsp3) is 0.280. The van der Waals surface area contributed by atoms with E-state index in [-0.39, 0.29) is 17.3 Å². The van der Waals surface area contributed by atoms with Gasteiger partial charge in [0, 0.05) is 16.0 Å². The number of carbonyl (C=O) groups excluding carboxylic acids is 3. The Balaban J connectivity index is 1.44. The van der Waals surface area contributed by atoms with Gasteiger partial charge in [-0.1, -0.05) is 36.9 Å². The van der Waals surface area contributed by atoms with Gasteiger partial charge in [0.2, 0.25) is 17.7 Å². The van der Waals surface area contributed by atoms with Crippen LogP contribution in [0.3, 0.4) is 0 Å². The molecule has 3 heterocycles. The zero-order valence-electron chi connectivity index (χ0n) is 19.6. The lowest BCUT2D eigenvalue weighted by atomic mass is 9.76. The Morgan fingerprint density at radius 1 is 1.06 bits per heavy atom. The molecule has 11 heteroatoms. The van der Waals surface area contributed by atoms with Crippen LogP contribution in [0.25, 0.3) is 0 Å². The Bertz CT molecular complexity index is 1430. The van der Waals surface area contributed by atoms with Crippen LogP contribution in [0.4, 0.5) is 15.8 Å². The van der Waals surface area contributed by atoms with Crippen molar-refractivity contribution in [2.45, 2.75) is 36.1 Å². The molecule has 2 atom stereocenters. The number of nitrogens with zero attached hydrogens (tertiary/aromatic N) is 2. The molecule has 0 radical (unpaired) electrons. The quantitative estimate of drug-likeness (QED) is 0.509. The molecular formula is C25H22FN3O5S2. The van der Waals surface area contributed by atoms with Crippen LogP contribution in [0.15, 0.2) is 58.4 Å². The maximum absolute atomic E-state index is 13.4. The number of imide groups is 1. The summed E-state index contributed by atoms with van der Waals surface area (Å²) in [6.45, 7) is 3.43. The van der Waals surface area contributed by atoms with Gasteiger partial charge in [-0.2, -0.15) is 0 Å². The number of halogens is 1. The molecule has 186 valence electrons. The third-order valence-electron chi connectivity index (χ3n) is 6.46. The van der Waals surface area contributed by atoms with E-state index in [4.69, 9.17) is 4.74 Å². The van der Waals surface area contributed by atoms with Gasteiger partial charge in [-0.15, -0.1) is 0 Å². The zero-order valence-corrected chi connectivity index (χ0v) is 21.2. The number of amides is 3. The summed E-state index contributed by atoms with van der Waals surface area (Å²) in [6, 6.07) is 12.0. The topological polar surface area (TPSA) is 97.7 Å². The number of thiazole rings is 1. The second-order valence-corrected chi connectivity index (χ2v) is 11.2. The van der Waals surface area contributed by atoms with Gasteiger partial charge in [0.25, 0.3) is 0 Å². The summed E-state index contributed by atoms with van der Waals surface area (Å²) >= 11 is 2.12.